The molecule has 58 heavy (non-hydrogen) atoms. The van der Waals surface area contributed by atoms with Gasteiger partial charge in [0.2, 0.25) is 5.13 Å². The normalized spacial score (nSPS) is 34.6. The van der Waals surface area contributed by atoms with Crippen LogP contribution in [0, 0.1) is 27.1 Å². The number of para-hydroxylation sites is 1. The fourth-order valence-electron chi connectivity index (χ4n) is 13.9. The van der Waals surface area contributed by atoms with E-state index in [2.05, 4.69) is 34.0 Å². The number of thiazole rings is 1. The molecule has 3 aliphatic heterocycles. The molecule has 308 valence electrons. The summed E-state index contributed by atoms with van der Waals surface area (Å²) >= 11 is 1.47. The van der Waals surface area contributed by atoms with E-state index in [1.165, 1.54) is 69.2 Å². The van der Waals surface area contributed by atoms with Crippen LogP contribution in [0.1, 0.15) is 91.9 Å². The Labute approximate surface area is 345 Å². The first kappa shape index (κ1) is 39.0. The Balaban J connectivity index is 0.913. The second kappa shape index (κ2) is 14.1. The van der Waals surface area contributed by atoms with Gasteiger partial charge in [0.1, 0.15) is 23.2 Å². The van der Waals surface area contributed by atoms with Gasteiger partial charge in [-0.15, -0.1) is 0 Å². The number of allylic oxidation sites excluding steroid dienone is 3. The number of aliphatic hydroxyl groups excluding tert-OH is 1. The van der Waals surface area contributed by atoms with E-state index in [0.29, 0.717) is 58.3 Å². The summed E-state index contributed by atoms with van der Waals surface area (Å²) in [6, 6.07) is 7.87. The number of amidine groups is 2. The summed E-state index contributed by atoms with van der Waals surface area (Å²) in [7, 11) is 0. The summed E-state index contributed by atoms with van der Waals surface area (Å²) in [6.45, 7) is 14.3. The highest BCUT2D eigenvalue weighted by Crippen LogP contribution is 3.03. The molecule has 8 N–H and O–H groups in total. The van der Waals surface area contributed by atoms with Crippen molar-refractivity contribution in [2.75, 3.05) is 39.3 Å². The van der Waals surface area contributed by atoms with E-state index in [1.54, 1.807) is 0 Å². The number of aromatic nitrogens is 1. The molecular weight excluding hydrogens is 747 g/mol. The van der Waals surface area contributed by atoms with Crippen LogP contribution in [0.15, 0.2) is 92.4 Å². The maximum absolute atomic E-state index is 10.6. The van der Waals surface area contributed by atoms with E-state index in [-0.39, 0.29) is 28.0 Å². The minimum atomic E-state index is -0.861. The van der Waals surface area contributed by atoms with Crippen molar-refractivity contribution in [3.05, 3.63) is 82.4 Å². The molecule has 2 unspecified atom stereocenters. The zero-order valence-corrected chi connectivity index (χ0v) is 35.3. The third kappa shape index (κ3) is 5.58. The molecule has 4 heterocycles. The molecule has 13 heteroatoms. The summed E-state index contributed by atoms with van der Waals surface area (Å²) in [5, 5.41) is 34.3. The van der Waals surface area contributed by atoms with E-state index < -0.39 is 5.95 Å². The number of ether oxygens (including phenoxy) is 1. The minimum absolute atomic E-state index is 0.0326. The molecule has 4 saturated carbocycles. The monoisotopic (exact) mass is 805 g/mol. The van der Waals surface area contributed by atoms with E-state index in [1.807, 2.05) is 55.2 Å². The van der Waals surface area contributed by atoms with Gasteiger partial charge < -0.3 is 41.5 Å². The van der Waals surface area contributed by atoms with Crippen molar-refractivity contribution in [2.24, 2.45) is 43.1 Å². The molecule has 12 nitrogen and oxygen atoms in total. The van der Waals surface area contributed by atoms with Crippen molar-refractivity contribution in [3.8, 4) is 0 Å². The Morgan fingerprint density at radius 3 is 2.41 bits per heavy atom. The van der Waals surface area contributed by atoms with Crippen LogP contribution in [0.25, 0.3) is 10.2 Å². The van der Waals surface area contributed by atoms with Gasteiger partial charge >= 0.3 is 0 Å². The number of aliphatic hydroxyl groups is 2. The number of nitrogens with one attached hydrogen (secondary N) is 2. The SMILES string of the molecule is CC(=NCC12CC3(C)CC4(OCCN5CCCCCC5)CC(C)(C1)C324)/C(=C\N)C1=CC=C(N2CCC/C(=C(C)/C(N)=N/c3nc4ccccc4s3)C2=N)NC1=C(O)O. The van der Waals surface area contributed by atoms with Crippen LogP contribution in [0.5, 0.6) is 0 Å². The lowest BCUT2D eigenvalue weighted by Gasteiger charge is -3.02. The number of nitrogens with zero attached hydrogens (tertiary/aromatic N) is 5. The lowest BCUT2D eigenvalue weighted by Crippen LogP contribution is -3.01. The molecule has 2 atom stereocenters. The quantitative estimate of drug-likeness (QED) is 0.0748. The number of hydrogen-bond donors (Lipinski definition) is 6. The van der Waals surface area contributed by atoms with E-state index in [4.69, 9.17) is 21.2 Å². The highest BCUT2D eigenvalue weighted by atomic mass is 32.1. The summed E-state index contributed by atoms with van der Waals surface area (Å²) in [6.07, 6.45) is 16.6. The Morgan fingerprint density at radius 1 is 1.02 bits per heavy atom. The number of benzene rings is 1. The summed E-state index contributed by atoms with van der Waals surface area (Å²) in [4.78, 5) is 18.9. The lowest BCUT2D eigenvalue weighted by molar-refractivity contribution is -0.565. The number of fused-ring (bicyclic) bond motifs is 1. The van der Waals surface area contributed by atoms with Gasteiger partial charge in [-0.2, -0.15) is 0 Å². The van der Waals surface area contributed by atoms with Gasteiger partial charge in [-0.05, 0) is 119 Å². The Kier molecular flexibility index (Phi) is 9.48. The number of rotatable bonds is 11. The topological polar surface area (TPSA) is 182 Å². The first-order valence-corrected chi connectivity index (χ1v) is 22.0. The van der Waals surface area contributed by atoms with Crippen molar-refractivity contribution < 1.29 is 14.9 Å². The standard InChI is InChI=1S/C45H59N9O3S/c1-28(37(47)52-40-50-33-13-7-8-14-34(33)58-40)30-12-11-19-54(38(30)48)35-16-15-31(36(51-35)39(55)56)32(22-46)29(2)49-27-43-23-41(3)25-44(26-42(4,24-43)45(41,43)44)57-21-20-53-17-9-5-6-10-18-53/h7-8,13-16,22,48,51,55-56H,5-6,9-12,17-21,23-27,46H2,1-4H3,(H2,47,50,52)/b30-28-,32-22+,48-38?,49-29?. The maximum Gasteiger partial charge on any atom is 0.299 e. The van der Waals surface area contributed by atoms with Gasteiger partial charge in [0.25, 0.3) is 5.95 Å². The van der Waals surface area contributed by atoms with Crippen LogP contribution in [0.4, 0.5) is 5.13 Å². The zero-order chi connectivity index (χ0) is 40.7. The predicted molar refractivity (Wildman–Crippen MR) is 232 cm³/mol. The van der Waals surface area contributed by atoms with Crippen LogP contribution in [0.2, 0.25) is 0 Å². The lowest BCUT2D eigenvalue weighted by atomic mass is 9.03. The highest BCUT2D eigenvalue weighted by molar-refractivity contribution is 7.22. The summed E-state index contributed by atoms with van der Waals surface area (Å²) in [5.41, 5.74) is 18.1. The third-order valence-electron chi connectivity index (χ3n) is 15.2. The summed E-state index contributed by atoms with van der Waals surface area (Å²) < 4.78 is 8.03. The van der Waals surface area contributed by atoms with E-state index >= 15 is 0 Å². The van der Waals surface area contributed by atoms with Crippen LogP contribution in [0.3, 0.4) is 0 Å². The number of piperidine rings is 1. The molecule has 0 radical (unpaired) electrons. The average Bonchev–Trinajstić information content (AvgIpc) is 3.40. The van der Waals surface area contributed by atoms with Crippen LogP contribution < -0.4 is 16.8 Å². The Bertz CT molecular complexity index is 2210. The molecular formula is C45H59N9O3S. The number of hydrogen-bond acceptors (Lipinski definition) is 11. The summed E-state index contributed by atoms with van der Waals surface area (Å²) in [5.74, 6) is 0.283. The third-order valence-corrected chi connectivity index (χ3v) is 16.1. The first-order valence-electron chi connectivity index (χ1n) is 21.2. The van der Waals surface area contributed by atoms with Gasteiger partial charge in [-0.25, -0.2) is 9.98 Å². The van der Waals surface area contributed by atoms with Gasteiger partial charge in [0, 0.05) is 59.1 Å². The second-order valence-corrected chi connectivity index (χ2v) is 19.6. The van der Waals surface area contributed by atoms with Crippen molar-refractivity contribution in [2.45, 2.75) is 97.5 Å². The Hall–Kier alpha value is -4.46. The van der Waals surface area contributed by atoms with Crippen molar-refractivity contribution in [3.63, 3.8) is 0 Å². The zero-order valence-electron chi connectivity index (χ0n) is 34.5. The Morgan fingerprint density at radius 2 is 1.74 bits per heavy atom. The molecule has 4 aliphatic carbocycles. The van der Waals surface area contributed by atoms with Crippen LogP contribution in [-0.4, -0.2) is 87.3 Å². The predicted octanol–water partition coefficient (Wildman–Crippen LogP) is 7.87. The fourth-order valence-corrected chi connectivity index (χ4v) is 14.7. The van der Waals surface area contributed by atoms with E-state index in [9.17, 15) is 15.6 Å². The molecule has 7 aliphatic rings. The van der Waals surface area contributed by atoms with Gasteiger partial charge in [-0.1, -0.05) is 50.2 Å². The largest absolute Gasteiger partial charge is 0.480 e. The maximum atomic E-state index is 10.6. The van der Waals surface area contributed by atoms with Crippen LogP contribution in [-0.2, 0) is 4.74 Å². The highest BCUT2D eigenvalue weighted by Gasteiger charge is 3.02. The average molecular weight is 806 g/mol. The molecule has 2 saturated heterocycles. The van der Waals surface area contributed by atoms with Crippen LogP contribution >= 0.6 is 11.3 Å². The minimum Gasteiger partial charge on any atom is -0.480 e. The molecule has 9 rings (SSSR count). The van der Waals surface area contributed by atoms with Crippen molar-refractivity contribution in [1.82, 2.24) is 20.1 Å². The second-order valence-electron chi connectivity index (χ2n) is 18.6. The molecule has 1 aromatic carbocycles. The molecule has 1 aromatic heterocycles. The molecule has 0 bridgehead atoms. The van der Waals surface area contributed by atoms with Gasteiger partial charge in [0.15, 0.2) is 0 Å². The van der Waals surface area contributed by atoms with Gasteiger partial charge in [-0.3, -0.25) is 10.4 Å². The van der Waals surface area contributed by atoms with Gasteiger partial charge in [0.05, 0.1) is 22.4 Å². The molecule has 1 spiro atoms. The first-order chi connectivity index (χ1) is 27.8. The van der Waals surface area contributed by atoms with E-state index in [0.717, 1.165) is 59.5 Å². The van der Waals surface area contributed by atoms with Crippen molar-refractivity contribution in [1.29, 1.82) is 5.41 Å². The molecule has 2 aromatic rings. The fraction of sp³-hybridized carbons (Fsp3) is 0.556. The molecule has 0 amide bonds. The number of aliphatic imine (C=N–C) groups is 2. The number of dihydropyridines is 1. The number of likely N-dealkylation sites (tertiary alicyclic amines) is 2. The smallest absolute Gasteiger partial charge is 0.299 e. The number of nitrogens with two attached hydrogens (primary N) is 2. The molecule has 6 fully saturated rings. The van der Waals surface area contributed by atoms with Crippen molar-refractivity contribution >= 4 is 44.1 Å².